The number of anilines is 1. The summed E-state index contributed by atoms with van der Waals surface area (Å²) < 4.78 is 9.28. The molecule has 3 aromatic carbocycles. The second-order valence-corrected chi connectivity index (χ2v) is 9.83. The number of nitrogens with one attached hydrogen (secondary N) is 1. The first kappa shape index (κ1) is 26.1. The summed E-state index contributed by atoms with van der Waals surface area (Å²) in [7, 11) is 0. The van der Waals surface area contributed by atoms with Gasteiger partial charge in [0.05, 0.1) is 41.8 Å². The lowest BCUT2D eigenvalue weighted by atomic mass is 10.0. The summed E-state index contributed by atoms with van der Waals surface area (Å²) in [6, 6.07) is 30.3. The fourth-order valence-corrected chi connectivity index (χ4v) is 5.47. The second-order valence-electron chi connectivity index (χ2n) is 9.83. The number of carbonyl (C=O) groups is 2. The van der Waals surface area contributed by atoms with E-state index in [0.29, 0.717) is 24.2 Å². The number of aryl methyl sites for hydroxylation is 1. The zero-order valence-corrected chi connectivity index (χ0v) is 23.0. The van der Waals surface area contributed by atoms with E-state index in [1.165, 1.54) is 0 Å². The summed E-state index contributed by atoms with van der Waals surface area (Å²) >= 11 is 0. The molecule has 0 fully saturated rings. The van der Waals surface area contributed by atoms with Gasteiger partial charge in [-0.05, 0) is 61.4 Å². The Hall–Kier alpha value is -5.11. The van der Waals surface area contributed by atoms with E-state index in [0.717, 1.165) is 34.0 Å². The lowest BCUT2D eigenvalue weighted by Gasteiger charge is -2.31. The van der Waals surface area contributed by atoms with Gasteiger partial charge in [-0.1, -0.05) is 61.5 Å². The van der Waals surface area contributed by atoms with E-state index < -0.39 is 5.97 Å². The second kappa shape index (κ2) is 11.2. The number of para-hydroxylation sites is 1. The largest absolute Gasteiger partial charge is 0.462 e. The number of ether oxygens (including phenoxy) is 1. The standard InChI is InChI=1S/C33H31N5O3/c1-3-28-27-22-37(33(40)34-25-16-11-15-24(21-25)32(39)41-4-2)30(23-13-7-5-8-14-23)29-19-12-20-36(29)31(27)38(35-28)26-17-9-6-10-18-26/h5-21,30H,3-4,22H2,1-2H3,(H,34,40)/t30-/m1/s1. The number of hydrogen-bond acceptors (Lipinski definition) is 4. The highest BCUT2D eigenvalue weighted by Crippen LogP contribution is 2.39. The molecule has 8 nitrogen and oxygen atoms in total. The molecular formula is C33H31N5O3. The summed E-state index contributed by atoms with van der Waals surface area (Å²) in [5.41, 5.74) is 5.71. The molecule has 0 bridgehead atoms. The van der Waals surface area contributed by atoms with Gasteiger partial charge in [-0.25, -0.2) is 14.3 Å². The zero-order chi connectivity index (χ0) is 28.3. The monoisotopic (exact) mass is 545 g/mol. The fraction of sp³-hybridized carbons (Fsp3) is 0.182. The van der Waals surface area contributed by atoms with E-state index in [4.69, 9.17) is 9.84 Å². The normalized spacial score (nSPS) is 14.1. The number of benzene rings is 3. The van der Waals surface area contributed by atoms with Gasteiger partial charge in [-0.15, -0.1) is 0 Å². The third kappa shape index (κ3) is 4.89. The molecule has 1 N–H and O–H groups in total. The van der Waals surface area contributed by atoms with Crippen LogP contribution in [0.15, 0.2) is 103 Å². The molecule has 0 aliphatic carbocycles. The van der Waals surface area contributed by atoms with Crippen molar-refractivity contribution in [1.82, 2.24) is 19.2 Å². The van der Waals surface area contributed by atoms with Crippen LogP contribution in [0.1, 0.15) is 52.8 Å². The zero-order valence-electron chi connectivity index (χ0n) is 23.0. The molecule has 0 spiro atoms. The topological polar surface area (TPSA) is 81.4 Å². The van der Waals surface area contributed by atoms with Crippen molar-refractivity contribution in [1.29, 1.82) is 0 Å². The molecule has 206 valence electrons. The van der Waals surface area contributed by atoms with Crippen LogP contribution in [-0.4, -0.2) is 37.9 Å². The molecular weight excluding hydrogens is 514 g/mol. The molecule has 3 heterocycles. The molecule has 41 heavy (non-hydrogen) atoms. The van der Waals surface area contributed by atoms with Gasteiger partial charge in [0.15, 0.2) is 0 Å². The maximum atomic E-state index is 14.2. The first-order valence-corrected chi connectivity index (χ1v) is 13.8. The maximum absolute atomic E-state index is 14.2. The summed E-state index contributed by atoms with van der Waals surface area (Å²) in [5.74, 6) is 0.498. The third-order valence-corrected chi connectivity index (χ3v) is 7.31. The average Bonchev–Trinajstić information content (AvgIpc) is 3.59. The average molecular weight is 546 g/mol. The smallest absolute Gasteiger partial charge is 0.338 e. The number of aromatic nitrogens is 3. The Labute approximate surface area is 238 Å². The Morgan fingerprint density at radius 3 is 2.41 bits per heavy atom. The van der Waals surface area contributed by atoms with E-state index in [2.05, 4.69) is 22.9 Å². The van der Waals surface area contributed by atoms with E-state index in [1.807, 2.05) is 82.5 Å². The molecule has 1 aliphatic rings. The molecule has 6 rings (SSSR count). The summed E-state index contributed by atoms with van der Waals surface area (Å²) in [5, 5.41) is 8.06. The minimum absolute atomic E-state index is 0.278. The predicted molar refractivity (Wildman–Crippen MR) is 158 cm³/mol. The fourth-order valence-electron chi connectivity index (χ4n) is 5.47. The number of carbonyl (C=O) groups excluding carboxylic acids is 2. The van der Waals surface area contributed by atoms with Gasteiger partial charge in [-0.3, -0.25) is 0 Å². The van der Waals surface area contributed by atoms with Gasteiger partial charge in [0, 0.05) is 17.4 Å². The van der Waals surface area contributed by atoms with Crippen LogP contribution < -0.4 is 5.32 Å². The minimum atomic E-state index is -0.427. The molecule has 0 saturated carbocycles. The third-order valence-electron chi connectivity index (χ3n) is 7.31. The number of fused-ring (bicyclic) bond motifs is 3. The molecule has 5 aromatic rings. The van der Waals surface area contributed by atoms with Gasteiger partial charge < -0.3 is 19.5 Å². The van der Waals surface area contributed by atoms with Gasteiger partial charge in [0.1, 0.15) is 5.82 Å². The van der Waals surface area contributed by atoms with Gasteiger partial charge in [0.2, 0.25) is 0 Å². The highest BCUT2D eigenvalue weighted by molar-refractivity contribution is 5.94. The highest BCUT2D eigenvalue weighted by Gasteiger charge is 2.36. The van der Waals surface area contributed by atoms with Crippen LogP contribution in [0, 0.1) is 0 Å². The molecule has 2 aromatic heterocycles. The lowest BCUT2D eigenvalue weighted by Crippen LogP contribution is -2.38. The van der Waals surface area contributed by atoms with Crippen LogP contribution in [-0.2, 0) is 17.7 Å². The van der Waals surface area contributed by atoms with Gasteiger partial charge in [-0.2, -0.15) is 5.10 Å². The van der Waals surface area contributed by atoms with E-state index in [9.17, 15) is 9.59 Å². The SMILES string of the molecule is CCOC(=O)c1cccc(NC(=O)N2Cc3c(CC)nn(-c4ccccc4)c3-n3cccc3[C@H]2c2ccccc2)c1. The first-order valence-electron chi connectivity index (χ1n) is 13.8. The van der Waals surface area contributed by atoms with Crippen LogP contribution in [0.5, 0.6) is 0 Å². The summed E-state index contributed by atoms with van der Waals surface area (Å²) in [6.45, 7) is 4.47. The highest BCUT2D eigenvalue weighted by atomic mass is 16.5. The van der Waals surface area contributed by atoms with Gasteiger partial charge in [0.25, 0.3) is 0 Å². The van der Waals surface area contributed by atoms with Crippen molar-refractivity contribution in [3.05, 3.63) is 131 Å². The van der Waals surface area contributed by atoms with Crippen molar-refractivity contribution in [3.8, 4) is 11.5 Å². The van der Waals surface area contributed by atoms with Crippen molar-refractivity contribution >= 4 is 17.7 Å². The van der Waals surface area contributed by atoms with Crippen molar-refractivity contribution < 1.29 is 14.3 Å². The lowest BCUT2D eigenvalue weighted by molar-refractivity contribution is 0.0526. The molecule has 8 heteroatoms. The molecule has 0 radical (unpaired) electrons. The number of nitrogens with zero attached hydrogens (tertiary/aromatic N) is 4. The number of amides is 2. The number of esters is 1. The quantitative estimate of drug-likeness (QED) is 0.246. The van der Waals surface area contributed by atoms with Crippen molar-refractivity contribution in [2.45, 2.75) is 32.9 Å². The Bertz CT molecular complexity index is 1690. The summed E-state index contributed by atoms with van der Waals surface area (Å²) in [6.07, 6.45) is 2.75. The minimum Gasteiger partial charge on any atom is -0.462 e. The Balaban J connectivity index is 1.48. The van der Waals surface area contributed by atoms with Crippen LogP contribution in [0.4, 0.5) is 10.5 Å². The Morgan fingerprint density at radius 2 is 1.68 bits per heavy atom. The van der Waals surface area contributed by atoms with Crippen molar-refractivity contribution in [2.75, 3.05) is 11.9 Å². The van der Waals surface area contributed by atoms with E-state index >= 15 is 0 Å². The van der Waals surface area contributed by atoms with Crippen LogP contribution in [0.25, 0.3) is 11.5 Å². The van der Waals surface area contributed by atoms with Crippen LogP contribution >= 0.6 is 0 Å². The van der Waals surface area contributed by atoms with Crippen LogP contribution in [0.2, 0.25) is 0 Å². The Kier molecular flexibility index (Phi) is 7.12. The number of rotatable bonds is 6. The summed E-state index contributed by atoms with van der Waals surface area (Å²) in [4.78, 5) is 28.4. The number of urea groups is 1. The molecule has 0 unspecified atom stereocenters. The van der Waals surface area contributed by atoms with Crippen LogP contribution in [0.3, 0.4) is 0 Å². The van der Waals surface area contributed by atoms with E-state index in [1.54, 1.807) is 31.2 Å². The molecule has 0 saturated heterocycles. The van der Waals surface area contributed by atoms with Gasteiger partial charge >= 0.3 is 12.0 Å². The maximum Gasteiger partial charge on any atom is 0.338 e. The van der Waals surface area contributed by atoms with E-state index in [-0.39, 0.29) is 18.7 Å². The number of hydrogen-bond donors (Lipinski definition) is 1. The molecule has 1 aliphatic heterocycles. The first-order chi connectivity index (χ1) is 20.1. The Morgan fingerprint density at radius 1 is 0.927 bits per heavy atom. The van der Waals surface area contributed by atoms with Crippen molar-refractivity contribution in [2.24, 2.45) is 0 Å². The predicted octanol–water partition coefficient (Wildman–Crippen LogP) is 6.54. The molecule has 1 atom stereocenters. The van der Waals surface area contributed by atoms with Crippen molar-refractivity contribution in [3.63, 3.8) is 0 Å². The molecule has 2 amide bonds.